The maximum absolute atomic E-state index is 11.7. The van der Waals surface area contributed by atoms with Crippen LogP contribution in [0.4, 0.5) is 0 Å². The Bertz CT molecular complexity index is 566. The van der Waals surface area contributed by atoms with Crippen LogP contribution in [0.15, 0.2) is 29.6 Å². The summed E-state index contributed by atoms with van der Waals surface area (Å²) in [5.74, 6) is 0.0758. The molecule has 2 aromatic rings. The first-order chi connectivity index (χ1) is 9.63. The standard InChI is InChI=1S/C15H17ClN2OS/c1-11-10-20-15(18-11)7-6-14(19)17-9-8-12-2-4-13(16)5-3-12/h2-5,10H,6-9H2,1H3,(H,17,19). The molecular formula is C15H17ClN2OS. The van der Waals surface area contributed by atoms with Gasteiger partial charge in [-0.3, -0.25) is 4.79 Å². The first-order valence-corrected chi connectivity index (χ1v) is 7.81. The Balaban J connectivity index is 1.66. The lowest BCUT2D eigenvalue weighted by atomic mass is 10.1. The van der Waals surface area contributed by atoms with E-state index in [2.05, 4.69) is 10.3 Å². The van der Waals surface area contributed by atoms with Crippen LogP contribution in [0, 0.1) is 6.92 Å². The van der Waals surface area contributed by atoms with E-state index in [1.165, 1.54) is 5.56 Å². The number of thiazole rings is 1. The second-order valence-electron chi connectivity index (χ2n) is 4.61. The van der Waals surface area contributed by atoms with Crippen molar-refractivity contribution in [1.82, 2.24) is 10.3 Å². The average molecular weight is 309 g/mol. The molecule has 0 atom stereocenters. The Morgan fingerprint density at radius 2 is 2.05 bits per heavy atom. The van der Waals surface area contributed by atoms with Crippen molar-refractivity contribution in [2.75, 3.05) is 6.54 Å². The van der Waals surface area contributed by atoms with Crippen LogP contribution < -0.4 is 5.32 Å². The predicted molar refractivity (Wildman–Crippen MR) is 83.3 cm³/mol. The molecule has 3 nitrogen and oxygen atoms in total. The molecule has 0 bridgehead atoms. The van der Waals surface area contributed by atoms with E-state index in [1.54, 1.807) is 11.3 Å². The van der Waals surface area contributed by atoms with Crippen molar-refractivity contribution in [3.05, 3.63) is 50.9 Å². The minimum absolute atomic E-state index is 0.0758. The molecule has 1 aromatic carbocycles. The van der Waals surface area contributed by atoms with Crippen LogP contribution >= 0.6 is 22.9 Å². The van der Waals surface area contributed by atoms with Gasteiger partial charge >= 0.3 is 0 Å². The lowest BCUT2D eigenvalue weighted by Crippen LogP contribution is -2.25. The topological polar surface area (TPSA) is 42.0 Å². The van der Waals surface area contributed by atoms with Crippen LogP contribution in [0.2, 0.25) is 5.02 Å². The van der Waals surface area contributed by atoms with Gasteiger partial charge in [-0.05, 0) is 31.0 Å². The van der Waals surface area contributed by atoms with Crippen molar-refractivity contribution in [1.29, 1.82) is 0 Å². The number of aryl methyl sites for hydroxylation is 2. The second-order valence-corrected chi connectivity index (χ2v) is 5.99. The van der Waals surface area contributed by atoms with Gasteiger partial charge in [0.2, 0.25) is 5.91 Å². The molecule has 1 heterocycles. The highest BCUT2D eigenvalue weighted by molar-refractivity contribution is 7.09. The van der Waals surface area contributed by atoms with Crippen LogP contribution in [0.1, 0.15) is 22.7 Å². The summed E-state index contributed by atoms with van der Waals surface area (Å²) in [5, 5.41) is 6.69. The molecule has 0 aliphatic rings. The summed E-state index contributed by atoms with van der Waals surface area (Å²) >= 11 is 7.43. The molecule has 106 valence electrons. The Morgan fingerprint density at radius 3 is 2.70 bits per heavy atom. The number of nitrogens with zero attached hydrogens (tertiary/aromatic N) is 1. The van der Waals surface area contributed by atoms with E-state index < -0.39 is 0 Å². The Labute approximate surface area is 128 Å². The van der Waals surface area contributed by atoms with Crippen molar-refractivity contribution >= 4 is 28.8 Å². The monoisotopic (exact) mass is 308 g/mol. The molecule has 0 unspecified atom stereocenters. The summed E-state index contributed by atoms with van der Waals surface area (Å²) in [4.78, 5) is 16.1. The van der Waals surface area contributed by atoms with Crippen molar-refractivity contribution in [2.24, 2.45) is 0 Å². The summed E-state index contributed by atoms with van der Waals surface area (Å²) in [5.41, 5.74) is 2.19. The van der Waals surface area contributed by atoms with Gasteiger partial charge in [-0.1, -0.05) is 23.7 Å². The fraction of sp³-hybridized carbons (Fsp3) is 0.333. The van der Waals surface area contributed by atoms with E-state index in [1.807, 2.05) is 36.6 Å². The quantitative estimate of drug-likeness (QED) is 0.888. The molecule has 0 radical (unpaired) electrons. The predicted octanol–water partition coefficient (Wildman–Crippen LogP) is 3.40. The van der Waals surface area contributed by atoms with Gasteiger partial charge in [0.15, 0.2) is 0 Å². The molecule has 1 N–H and O–H groups in total. The minimum Gasteiger partial charge on any atom is -0.356 e. The van der Waals surface area contributed by atoms with E-state index in [0.717, 1.165) is 22.1 Å². The summed E-state index contributed by atoms with van der Waals surface area (Å²) < 4.78 is 0. The van der Waals surface area contributed by atoms with Gasteiger partial charge in [-0.2, -0.15) is 0 Å². The zero-order valence-corrected chi connectivity index (χ0v) is 12.9. The highest BCUT2D eigenvalue weighted by Crippen LogP contribution is 2.11. The Kier molecular flexibility index (Phi) is 5.56. The lowest BCUT2D eigenvalue weighted by molar-refractivity contribution is -0.121. The normalized spacial score (nSPS) is 10.5. The highest BCUT2D eigenvalue weighted by Gasteiger charge is 2.04. The molecule has 0 saturated carbocycles. The second kappa shape index (κ2) is 7.41. The molecular weight excluding hydrogens is 292 g/mol. The SMILES string of the molecule is Cc1csc(CCC(=O)NCCc2ccc(Cl)cc2)n1. The third-order valence-electron chi connectivity index (χ3n) is 2.88. The number of carbonyl (C=O) groups excluding carboxylic acids is 1. The van der Waals surface area contributed by atoms with Gasteiger partial charge in [0.1, 0.15) is 0 Å². The third-order valence-corrected chi connectivity index (χ3v) is 4.16. The molecule has 2 rings (SSSR count). The highest BCUT2D eigenvalue weighted by atomic mass is 35.5. The van der Waals surface area contributed by atoms with E-state index in [-0.39, 0.29) is 5.91 Å². The van der Waals surface area contributed by atoms with Gasteiger partial charge in [-0.25, -0.2) is 4.98 Å². The summed E-state index contributed by atoms with van der Waals surface area (Å²) in [6.45, 7) is 2.61. The van der Waals surface area contributed by atoms with Crippen LogP contribution in [-0.4, -0.2) is 17.4 Å². The van der Waals surface area contributed by atoms with Crippen molar-refractivity contribution in [3.8, 4) is 0 Å². The van der Waals surface area contributed by atoms with Crippen molar-refractivity contribution in [3.63, 3.8) is 0 Å². The third kappa shape index (κ3) is 4.94. The van der Waals surface area contributed by atoms with E-state index in [4.69, 9.17) is 11.6 Å². The lowest BCUT2D eigenvalue weighted by Gasteiger charge is -2.05. The molecule has 0 fully saturated rings. The van der Waals surface area contributed by atoms with Gasteiger partial charge in [0.05, 0.1) is 5.01 Å². The number of amides is 1. The van der Waals surface area contributed by atoms with E-state index in [9.17, 15) is 4.79 Å². The average Bonchev–Trinajstić information content (AvgIpc) is 2.85. The molecule has 0 aliphatic heterocycles. The number of aromatic nitrogens is 1. The number of benzene rings is 1. The maximum Gasteiger partial charge on any atom is 0.220 e. The molecule has 20 heavy (non-hydrogen) atoms. The van der Waals surface area contributed by atoms with Crippen molar-refractivity contribution in [2.45, 2.75) is 26.2 Å². The fourth-order valence-electron chi connectivity index (χ4n) is 1.82. The van der Waals surface area contributed by atoms with Gasteiger partial charge in [0, 0.05) is 35.5 Å². The summed E-state index contributed by atoms with van der Waals surface area (Å²) in [7, 11) is 0. The smallest absolute Gasteiger partial charge is 0.220 e. The molecule has 0 aliphatic carbocycles. The van der Waals surface area contributed by atoms with Gasteiger partial charge in [-0.15, -0.1) is 11.3 Å². The number of carbonyl (C=O) groups is 1. The molecule has 0 saturated heterocycles. The molecule has 0 spiro atoms. The van der Waals surface area contributed by atoms with Crippen molar-refractivity contribution < 1.29 is 4.79 Å². The summed E-state index contributed by atoms with van der Waals surface area (Å²) in [6.07, 6.45) is 2.03. The zero-order chi connectivity index (χ0) is 14.4. The maximum atomic E-state index is 11.7. The van der Waals surface area contributed by atoms with Crippen LogP contribution in [0.25, 0.3) is 0 Å². The number of rotatable bonds is 6. The van der Waals surface area contributed by atoms with E-state index in [0.29, 0.717) is 19.4 Å². The van der Waals surface area contributed by atoms with Gasteiger partial charge < -0.3 is 5.32 Å². The molecule has 5 heteroatoms. The minimum atomic E-state index is 0.0758. The largest absolute Gasteiger partial charge is 0.356 e. The zero-order valence-electron chi connectivity index (χ0n) is 11.4. The fourth-order valence-corrected chi connectivity index (χ4v) is 2.73. The summed E-state index contributed by atoms with van der Waals surface area (Å²) in [6, 6.07) is 7.69. The number of hydrogen-bond acceptors (Lipinski definition) is 3. The van der Waals surface area contributed by atoms with E-state index >= 15 is 0 Å². The number of halogens is 1. The van der Waals surface area contributed by atoms with Crippen LogP contribution in [0.3, 0.4) is 0 Å². The van der Waals surface area contributed by atoms with Crippen LogP contribution in [-0.2, 0) is 17.6 Å². The number of nitrogens with one attached hydrogen (secondary N) is 1. The molecule has 1 aromatic heterocycles. The first kappa shape index (κ1) is 15.0. The molecule has 1 amide bonds. The van der Waals surface area contributed by atoms with Gasteiger partial charge in [0.25, 0.3) is 0 Å². The Morgan fingerprint density at radius 1 is 1.30 bits per heavy atom. The van der Waals surface area contributed by atoms with Crippen LogP contribution in [0.5, 0.6) is 0 Å². The number of hydrogen-bond donors (Lipinski definition) is 1. The first-order valence-electron chi connectivity index (χ1n) is 6.55. The Hall–Kier alpha value is -1.39.